The zero-order valence-electron chi connectivity index (χ0n) is 11.6. The summed E-state index contributed by atoms with van der Waals surface area (Å²) in [5.41, 5.74) is 0.938. The van der Waals surface area contributed by atoms with Gasteiger partial charge in [0.1, 0.15) is 11.5 Å². The van der Waals surface area contributed by atoms with Gasteiger partial charge in [-0.05, 0) is 25.2 Å². The number of ether oxygens (including phenoxy) is 1. The number of fused-ring (bicyclic) bond motifs is 1. The highest BCUT2D eigenvalue weighted by molar-refractivity contribution is 6.35. The molecule has 1 heterocycles. The lowest BCUT2D eigenvalue weighted by atomic mass is 10.1. The van der Waals surface area contributed by atoms with Crippen LogP contribution in [0.3, 0.4) is 0 Å². The van der Waals surface area contributed by atoms with Gasteiger partial charge in [0.25, 0.3) is 0 Å². The third kappa shape index (κ3) is 2.99. The summed E-state index contributed by atoms with van der Waals surface area (Å²) >= 11 is 6.22. The van der Waals surface area contributed by atoms with E-state index < -0.39 is 0 Å². The summed E-state index contributed by atoms with van der Waals surface area (Å²) in [7, 11) is 1.89. The zero-order chi connectivity index (χ0) is 14.7. The maximum Gasteiger partial charge on any atom is 0.135 e. The number of benzene rings is 2. The van der Waals surface area contributed by atoms with Crippen molar-refractivity contribution in [3.05, 3.63) is 65.4 Å². The molecule has 1 N–H and O–H groups in total. The lowest BCUT2D eigenvalue weighted by Crippen LogP contribution is -2.06. The number of pyridine rings is 1. The van der Waals surface area contributed by atoms with E-state index in [1.807, 2.05) is 55.6 Å². The molecule has 0 radical (unpaired) electrons. The Hall–Kier alpha value is -2.10. The van der Waals surface area contributed by atoms with E-state index in [-0.39, 0.29) is 0 Å². The van der Waals surface area contributed by atoms with Crippen LogP contribution in [0.4, 0.5) is 0 Å². The van der Waals surface area contributed by atoms with E-state index in [1.54, 1.807) is 6.20 Å². The van der Waals surface area contributed by atoms with Crippen LogP contribution in [0.25, 0.3) is 10.8 Å². The predicted octanol–water partition coefficient (Wildman–Crippen LogP) is 4.40. The van der Waals surface area contributed by atoms with Gasteiger partial charge in [0.2, 0.25) is 0 Å². The number of hydrogen-bond donors (Lipinski definition) is 1. The molecule has 3 nitrogen and oxygen atoms in total. The van der Waals surface area contributed by atoms with Crippen molar-refractivity contribution in [1.82, 2.24) is 10.3 Å². The molecule has 0 atom stereocenters. The van der Waals surface area contributed by atoms with Crippen LogP contribution in [0.15, 0.2) is 54.7 Å². The Kier molecular flexibility index (Phi) is 4.04. The summed E-state index contributed by atoms with van der Waals surface area (Å²) in [5, 5.41) is 5.79. The fraction of sp³-hybridized carbons (Fsp3) is 0.118. The van der Waals surface area contributed by atoms with Crippen LogP contribution >= 0.6 is 11.6 Å². The second kappa shape index (κ2) is 6.12. The summed E-state index contributed by atoms with van der Waals surface area (Å²) < 4.78 is 6.01. The molecule has 21 heavy (non-hydrogen) atoms. The van der Waals surface area contributed by atoms with Gasteiger partial charge in [0.05, 0.1) is 5.69 Å². The third-order valence-corrected chi connectivity index (χ3v) is 3.53. The summed E-state index contributed by atoms with van der Waals surface area (Å²) in [4.78, 5) is 4.28. The molecule has 106 valence electrons. The van der Waals surface area contributed by atoms with Crippen LogP contribution < -0.4 is 10.1 Å². The monoisotopic (exact) mass is 298 g/mol. The van der Waals surface area contributed by atoms with E-state index in [1.165, 1.54) is 0 Å². The third-order valence-electron chi connectivity index (χ3n) is 3.20. The smallest absolute Gasteiger partial charge is 0.135 e. The number of hydrogen-bond acceptors (Lipinski definition) is 3. The Balaban J connectivity index is 1.98. The summed E-state index contributed by atoms with van der Waals surface area (Å²) in [6.45, 7) is 0.707. The van der Waals surface area contributed by atoms with Crippen molar-refractivity contribution in [2.75, 3.05) is 7.05 Å². The molecule has 1 aromatic heterocycles. The van der Waals surface area contributed by atoms with Crippen LogP contribution in [-0.2, 0) is 6.54 Å². The van der Waals surface area contributed by atoms with Crippen molar-refractivity contribution < 1.29 is 4.74 Å². The first-order valence-corrected chi connectivity index (χ1v) is 7.10. The van der Waals surface area contributed by atoms with Gasteiger partial charge in [-0.15, -0.1) is 0 Å². The standard InChI is InChI=1S/C17H15ClN2O/c1-19-11-12-10-13(8-9-20-12)21-17-7-6-16(18)14-4-2-3-5-15(14)17/h2-10,19H,11H2,1H3. The number of nitrogens with one attached hydrogen (secondary N) is 1. The molecule has 0 fully saturated rings. The molecule has 0 aliphatic carbocycles. The van der Waals surface area contributed by atoms with E-state index >= 15 is 0 Å². The minimum absolute atomic E-state index is 0.707. The highest BCUT2D eigenvalue weighted by atomic mass is 35.5. The Morgan fingerprint density at radius 2 is 1.90 bits per heavy atom. The van der Waals surface area contributed by atoms with Gasteiger partial charge >= 0.3 is 0 Å². The van der Waals surface area contributed by atoms with Crippen LogP contribution in [0.2, 0.25) is 5.02 Å². The first-order chi connectivity index (χ1) is 10.3. The van der Waals surface area contributed by atoms with Crippen LogP contribution in [-0.4, -0.2) is 12.0 Å². The summed E-state index contributed by atoms with van der Waals surface area (Å²) in [5.74, 6) is 1.55. The van der Waals surface area contributed by atoms with Gasteiger partial charge in [-0.25, -0.2) is 0 Å². The fourth-order valence-electron chi connectivity index (χ4n) is 2.25. The van der Waals surface area contributed by atoms with Crippen LogP contribution in [0, 0.1) is 0 Å². The lowest BCUT2D eigenvalue weighted by molar-refractivity contribution is 0.486. The first kappa shape index (κ1) is 13.9. The number of halogens is 1. The van der Waals surface area contributed by atoms with Gasteiger partial charge in [-0.1, -0.05) is 35.9 Å². The van der Waals surface area contributed by atoms with Crippen molar-refractivity contribution >= 4 is 22.4 Å². The largest absolute Gasteiger partial charge is 0.457 e. The molecule has 0 bridgehead atoms. The van der Waals surface area contributed by atoms with E-state index in [4.69, 9.17) is 16.3 Å². The molecule has 0 aliphatic heterocycles. The highest BCUT2D eigenvalue weighted by Crippen LogP contribution is 2.33. The van der Waals surface area contributed by atoms with Crippen LogP contribution in [0.5, 0.6) is 11.5 Å². The SMILES string of the molecule is CNCc1cc(Oc2ccc(Cl)c3ccccc23)ccn1. The lowest BCUT2D eigenvalue weighted by Gasteiger charge is -2.10. The van der Waals surface area contributed by atoms with Gasteiger partial charge in [-0.3, -0.25) is 4.98 Å². The average molecular weight is 299 g/mol. The number of rotatable bonds is 4. The topological polar surface area (TPSA) is 34.1 Å². The quantitative estimate of drug-likeness (QED) is 0.775. The Labute approximate surface area is 128 Å². The Morgan fingerprint density at radius 1 is 1.10 bits per heavy atom. The van der Waals surface area contributed by atoms with Crippen molar-refractivity contribution in [3.8, 4) is 11.5 Å². The molecule has 0 spiro atoms. The molecular formula is C17H15ClN2O. The maximum absolute atomic E-state index is 6.22. The second-order valence-electron chi connectivity index (χ2n) is 4.71. The van der Waals surface area contributed by atoms with E-state index in [9.17, 15) is 0 Å². The normalized spacial score (nSPS) is 10.8. The molecular weight excluding hydrogens is 284 g/mol. The molecule has 0 unspecified atom stereocenters. The second-order valence-corrected chi connectivity index (χ2v) is 5.11. The maximum atomic E-state index is 6.22. The minimum Gasteiger partial charge on any atom is -0.457 e. The summed E-state index contributed by atoms with van der Waals surface area (Å²) in [6.07, 6.45) is 1.75. The highest BCUT2D eigenvalue weighted by Gasteiger charge is 2.07. The van der Waals surface area contributed by atoms with Gasteiger partial charge in [-0.2, -0.15) is 0 Å². The van der Waals surface area contributed by atoms with Gasteiger partial charge in [0.15, 0.2) is 0 Å². The van der Waals surface area contributed by atoms with Crippen molar-refractivity contribution in [2.24, 2.45) is 0 Å². The Bertz CT molecular complexity index is 774. The molecule has 0 amide bonds. The van der Waals surface area contributed by atoms with Crippen molar-refractivity contribution in [1.29, 1.82) is 0 Å². The van der Waals surface area contributed by atoms with Crippen molar-refractivity contribution in [2.45, 2.75) is 6.54 Å². The molecule has 0 saturated heterocycles. The van der Waals surface area contributed by atoms with E-state index in [0.29, 0.717) is 6.54 Å². The molecule has 4 heteroatoms. The van der Waals surface area contributed by atoms with E-state index in [0.717, 1.165) is 33.0 Å². The Morgan fingerprint density at radius 3 is 2.71 bits per heavy atom. The van der Waals surface area contributed by atoms with Crippen LogP contribution in [0.1, 0.15) is 5.69 Å². The predicted molar refractivity (Wildman–Crippen MR) is 86.0 cm³/mol. The molecule has 2 aromatic carbocycles. The molecule has 3 aromatic rings. The van der Waals surface area contributed by atoms with E-state index in [2.05, 4.69) is 10.3 Å². The molecule has 0 aliphatic rings. The first-order valence-electron chi connectivity index (χ1n) is 6.72. The molecule has 0 saturated carbocycles. The number of aromatic nitrogens is 1. The summed E-state index contributed by atoms with van der Waals surface area (Å²) in [6, 6.07) is 15.5. The van der Waals surface area contributed by atoms with Crippen molar-refractivity contribution in [3.63, 3.8) is 0 Å². The fourth-order valence-corrected chi connectivity index (χ4v) is 2.48. The zero-order valence-corrected chi connectivity index (χ0v) is 12.4. The van der Waals surface area contributed by atoms with Gasteiger partial charge in [0, 0.05) is 34.6 Å². The number of nitrogens with zero attached hydrogens (tertiary/aromatic N) is 1. The minimum atomic E-state index is 0.707. The van der Waals surface area contributed by atoms with Gasteiger partial charge < -0.3 is 10.1 Å². The molecule has 3 rings (SSSR count). The average Bonchev–Trinajstić information content (AvgIpc) is 2.51.